The summed E-state index contributed by atoms with van der Waals surface area (Å²) in [5, 5.41) is 11.3. The number of alkyl carbamates (subject to hydrolysis) is 1. The highest BCUT2D eigenvalue weighted by Gasteiger charge is 2.23. The van der Waals surface area contributed by atoms with Crippen molar-refractivity contribution in [1.29, 1.82) is 0 Å². The van der Waals surface area contributed by atoms with E-state index in [1.165, 1.54) is 38.5 Å². The maximum atomic E-state index is 12.2. The van der Waals surface area contributed by atoms with Gasteiger partial charge in [0.2, 0.25) is 0 Å². The Bertz CT molecular complexity index is 699. The summed E-state index contributed by atoms with van der Waals surface area (Å²) in [6, 6.07) is 0. The molecule has 0 aromatic heterocycles. The topological polar surface area (TPSA) is 119 Å². The Kier molecular flexibility index (Phi) is 18.1. The lowest BCUT2D eigenvalue weighted by Gasteiger charge is -2.25. The fraction of sp³-hybridized carbons (Fsp3) is 0.926. The van der Waals surface area contributed by atoms with Gasteiger partial charge in [-0.25, -0.2) is 4.79 Å². The summed E-state index contributed by atoms with van der Waals surface area (Å²) in [6.45, 7) is 9.72. The van der Waals surface area contributed by atoms with Gasteiger partial charge in [0.1, 0.15) is 5.60 Å². The van der Waals surface area contributed by atoms with Crippen LogP contribution >= 0.6 is 0 Å². The largest absolute Gasteiger partial charge is 0.481 e. The smallest absolute Gasteiger partial charge is 0.407 e. The van der Waals surface area contributed by atoms with E-state index in [2.05, 4.69) is 5.32 Å². The van der Waals surface area contributed by atoms with Gasteiger partial charge in [0, 0.05) is 13.0 Å². The predicted molar refractivity (Wildman–Crippen MR) is 145 cm³/mol. The molecular weight excluding hydrogens is 482 g/mol. The van der Waals surface area contributed by atoms with E-state index in [4.69, 9.17) is 14.0 Å². The molecule has 8 nitrogen and oxygen atoms in total. The molecule has 9 heteroatoms. The van der Waals surface area contributed by atoms with Crippen molar-refractivity contribution in [2.45, 2.75) is 137 Å². The Morgan fingerprint density at radius 3 is 1.64 bits per heavy atom. The van der Waals surface area contributed by atoms with Crippen LogP contribution in [0.1, 0.15) is 131 Å². The van der Waals surface area contributed by atoms with Crippen LogP contribution in [0.2, 0.25) is 0 Å². The zero-order valence-electron chi connectivity index (χ0n) is 23.5. The summed E-state index contributed by atoms with van der Waals surface area (Å²) in [7, 11) is -3.54. The van der Waals surface area contributed by atoms with Gasteiger partial charge in [-0.2, -0.15) is 8.42 Å². The Hall–Kier alpha value is -1.35. The van der Waals surface area contributed by atoms with Crippen molar-refractivity contribution >= 4 is 22.2 Å². The van der Waals surface area contributed by atoms with Crippen molar-refractivity contribution in [3.63, 3.8) is 0 Å². The van der Waals surface area contributed by atoms with E-state index < -0.39 is 27.8 Å². The van der Waals surface area contributed by atoms with Crippen molar-refractivity contribution in [2.24, 2.45) is 5.41 Å². The lowest BCUT2D eigenvalue weighted by Crippen LogP contribution is -2.35. The molecule has 0 saturated heterocycles. The number of amides is 1. The fourth-order valence-electron chi connectivity index (χ4n) is 3.70. The molecule has 0 aliphatic heterocycles. The minimum absolute atomic E-state index is 0.0473. The van der Waals surface area contributed by atoms with E-state index in [1.54, 1.807) is 20.8 Å². The molecule has 0 aliphatic rings. The number of carbonyl (C=O) groups excluding carboxylic acids is 1. The van der Waals surface area contributed by atoms with Gasteiger partial charge in [0.05, 0.1) is 12.4 Å². The number of aliphatic carboxylic acids is 1. The monoisotopic (exact) mass is 535 g/mol. The van der Waals surface area contributed by atoms with Crippen molar-refractivity contribution < 1.29 is 32.0 Å². The van der Waals surface area contributed by atoms with E-state index in [0.717, 1.165) is 38.5 Å². The molecule has 0 bridgehead atoms. The van der Waals surface area contributed by atoms with Crippen LogP contribution in [-0.4, -0.2) is 50.1 Å². The first-order valence-electron chi connectivity index (χ1n) is 13.8. The van der Waals surface area contributed by atoms with Crippen molar-refractivity contribution in [3.8, 4) is 0 Å². The van der Waals surface area contributed by atoms with Gasteiger partial charge < -0.3 is 15.2 Å². The molecule has 0 fully saturated rings. The van der Waals surface area contributed by atoms with Gasteiger partial charge in [-0.1, -0.05) is 84.5 Å². The summed E-state index contributed by atoms with van der Waals surface area (Å²) >= 11 is 0. The van der Waals surface area contributed by atoms with E-state index in [9.17, 15) is 18.0 Å². The number of carboxylic acids is 1. The molecule has 0 aromatic rings. The number of rotatable bonds is 22. The van der Waals surface area contributed by atoms with Crippen molar-refractivity contribution in [3.05, 3.63) is 0 Å². The third-order valence-electron chi connectivity index (χ3n) is 5.88. The Morgan fingerprint density at radius 2 is 1.19 bits per heavy atom. The lowest BCUT2D eigenvalue weighted by atomic mass is 9.91. The number of hydrogen-bond acceptors (Lipinski definition) is 6. The highest BCUT2D eigenvalue weighted by Crippen LogP contribution is 2.22. The van der Waals surface area contributed by atoms with Crippen LogP contribution in [0.4, 0.5) is 4.79 Å². The van der Waals surface area contributed by atoms with Crippen LogP contribution < -0.4 is 5.32 Å². The van der Waals surface area contributed by atoms with Gasteiger partial charge in [-0.05, 0) is 45.4 Å². The number of carbonyl (C=O) groups is 2. The van der Waals surface area contributed by atoms with Gasteiger partial charge in [0.25, 0.3) is 10.1 Å². The summed E-state index contributed by atoms with van der Waals surface area (Å²) in [4.78, 5) is 22.2. The highest BCUT2D eigenvalue weighted by atomic mass is 32.2. The lowest BCUT2D eigenvalue weighted by molar-refractivity contribution is -0.137. The second-order valence-corrected chi connectivity index (χ2v) is 13.4. The van der Waals surface area contributed by atoms with E-state index >= 15 is 0 Å². The normalized spacial score (nSPS) is 12.5. The molecule has 0 saturated carbocycles. The zero-order valence-corrected chi connectivity index (χ0v) is 24.3. The molecule has 0 spiro atoms. The number of nitrogens with one attached hydrogen (secondary N) is 1. The Balaban J connectivity index is 3.70. The second kappa shape index (κ2) is 18.8. The quantitative estimate of drug-likeness (QED) is 0.115. The molecule has 1 amide bonds. The van der Waals surface area contributed by atoms with Crippen LogP contribution in [0.5, 0.6) is 0 Å². The van der Waals surface area contributed by atoms with Gasteiger partial charge >= 0.3 is 12.1 Å². The third kappa shape index (κ3) is 24.3. The number of carboxylic acid groups (broad SMARTS) is 1. The van der Waals surface area contributed by atoms with Crippen molar-refractivity contribution in [1.82, 2.24) is 5.32 Å². The first kappa shape index (κ1) is 34.6. The number of unbranched alkanes of at least 4 members (excludes halogenated alkanes) is 12. The zero-order chi connectivity index (χ0) is 27.5. The molecule has 0 rings (SSSR count). The molecule has 36 heavy (non-hydrogen) atoms. The van der Waals surface area contributed by atoms with Crippen LogP contribution in [0.15, 0.2) is 0 Å². The SMILES string of the molecule is CC(C)(CCNC(=O)OC(C)(C)C)COS(=O)(=O)CCCCCCCCCCCCCCCC(=O)O. The third-order valence-corrected chi connectivity index (χ3v) is 7.15. The second-order valence-electron chi connectivity index (χ2n) is 11.6. The maximum Gasteiger partial charge on any atom is 0.407 e. The molecule has 0 atom stereocenters. The molecule has 214 valence electrons. The van der Waals surface area contributed by atoms with Crippen molar-refractivity contribution in [2.75, 3.05) is 18.9 Å². The summed E-state index contributed by atoms with van der Waals surface area (Å²) in [5.41, 5.74) is -0.938. The molecule has 0 heterocycles. The molecular formula is C27H53NO7S. The predicted octanol–water partition coefficient (Wildman–Crippen LogP) is 6.82. The first-order valence-corrected chi connectivity index (χ1v) is 15.4. The van der Waals surface area contributed by atoms with E-state index in [0.29, 0.717) is 19.4 Å². The Morgan fingerprint density at radius 1 is 0.750 bits per heavy atom. The molecule has 0 radical (unpaired) electrons. The van der Waals surface area contributed by atoms with Gasteiger partial charge in [0.15, 0.2) is 0 Å². The molecule has 2 N–H and O–H groups in total. The number of hydrogen-bond donors (Lipinski definition) is 2. The summed E-state index contributed by atoms with van der Waals surface area (Å²) in [6.07, 6.45) is 14.3. The van der Waals surface area contributed by atoms with E-state index in [1.807, 2.05) is 13.8 Å². The Labute approximate surface area is 220 Å². The summed E-state index contributed by atoms with van der Waals surface area (Å²) in [5.74, 6) is -0.654. The standard InChI is InChI=1S/C27H53NO7S/c1-26(2,3)35-25(31)28-21-20-27(4,5)23-34-36(32,33)22-18-16-14-12-10-8-6-7-9-11-13-15-17-19-24(29)30/h6-23H2,1-5H3,(H,28,31)(H,29,30). The highest BCUT2D eigenvalue weighted by molar-refractivity contribution is 7.86. The first-order chi connectivity index (χ1) is 16.7. The van der Waals surface area contributed by atoms with Gasteiger partial charge in [-0.3, -0.25) is 8.98 Å². The minimum Gasteiger partial charge on any atom is -0.481 e. The average Bonchev–Trinajstić information content (AvgIpc) is 2.73. The molecule has 0 aliphatic carbocycles. The fourth-order valence-corrected chi connectivity index (χ4v) is 4.87. The van der Waals surface area contributed by atoms with Crippen LogP contribution in [0.3, 0.4) is 0 Å². The minimum atomic E-state index is -3.54. The number of ether oxygens (including phenoxy) is 1. The maximum absolute atomic E-state index is 12.2. The summed E-state index contributed by atoms with van der Waals surface area (Å²) < 4.78 is 34.9. The molecule has 0 unspecified atom stereocenters. The van der Waals surface area contributed by atoms with Crippen LogP contribution in [-0.2, 0) is 23.8 Å². The van der Waals surface area contributed by atoms with Crippen LogP contribution in [0.25, 0.3) is 0 Å². The van der Waals surface area contributed by atoms with Gasteiger partial charge in [-0.15, -0.1) is 0 Å². The molecule has 0 aromatic carbocycles. The average molecular weight is 536 g/mol. The van der Waals surface area contributed by atoms with E-state index in [-0.39, 0.29) is 24.2 Å². The van der Waals surface area contributed by atoms with Crippen LogP contribution in [0, 0.1) is 5.41 Å².